The lowest BCUT2D eigenvalue weighted by Gasteiger charge is -2.20. The van der Waals surface area contributed by atoms with E-state index in [0.717, 1.165) is 28.5 Å². The smallest absolute Gasteiger partial charge is 0.324 e. The number of amides is 4. The maximum Gasteiger partial charge on any atom is 0.325 e. The number of benzene rings is 2. The zero-order chi connectivity index (χ0) is 17.6. The Balaban J connectivity index is 1.50. The number of nitrogens with one attached hydrogen (secondary N) is 2. The summed E-state index contributed by atoms with van der Waals surface area (Å²) in [6.45, 7) is 1.46. The lowest BCUT2D eigenvalue weighted by atomic mass is 9.96. The summed E-state index contributed by atoms with van der Waals surface area (Å²) in [7, 11) is 0. The summed E-state index contributed by atoms with van der Waals surface area (Å²) < 4.78 is 0. The van der Waals surface area contributed by atoms with E-state index in [4.69, 9.17) is 0 Å². The lowest BCUT2D eigenvalue weighted by Crippen LogP contribution is -2.46. The number of rotatable bonds is 4. The molecule has 2 aromatic carbocycles. The largest absolute Gasteiger partial charge is 0.325 e. The van der Waals surface area contributed by atoms with Crippen molar-refractivity contribution in [2.45, 2.75) is 25.3 Å². The van der Waals surface area contributed by atoms with Gasteiger partial charge in [-0.15, -0.1) is 0 Å². The van der Waals surface area contributed by atoms with Gasteiger partial charge >= 0.3 is 6.03 Å². The summed E-state index contributed by atoms with van der Waals surface area (Å²) in [4.78, 5) is 38.2. The standard InChI is InChI=1S/C19H19N3O3/c1-19(13-9-10-13)17(24)22(18(25)21-19)11-16(23)20-15-8-4-6-12-5-2-3-7-14(12)15/h2-8,13H,9-11H2,1H3,(H,20,23)(H,21,25). The molecule has 4 rings (SSSR count). The van der Waals surface area contributed by atoms with Crippen LogP contribution in [0.4, 0.5) is 10.5 Å². The maximum absolute atomic E-state index is 12.6. The third kappa shape index (κ3) is 2.63. The van der Waals surface area contributed by atoms with Crippen LogP contribution < -0.4 is 10.6 Å². The average Bonchev–Trinajstić information content (AvgIpc) is 3.42. The molecule has 2 aliphatic rings. The molecular weight excluding hydrogens is 318 g/mol. The molecule has 6 heteroatoms. The van der Waals surface area contributed by atoms with Crippen LogP contribution in [0.5, 0.6) is 0 Å². The molecule has 1 atom stereocenters. The second-order valence-electron chi connectivity index (χ2n) is 6.87. The van der Waals surface area contributed by atoms with Crippen molar-refractivity contribution in [3.05, 3.63) is 42.5 Å². The van der Waals surface area contributed by atoms with E-state index in [1.807, 2.05) is 36.4 Å². The van der Waals surface area contributed by atoms with Gasteiger partial charge in [-0.3, -0.25) is 14.5 Å². The van der Waals surface area contributed by atoms with Gasteiger partial charge in [-0.2, -0.15) is 0 Å². The van der Waals surface area contributed by atoms with Crippen LogP contribution in [0.3, 0.4) is 0 Å². The van der Waals surface area contributed by atoms with E-state index in [1.165, 1.54) is 0 Å². The van der Waals surface area contributed by atoms with E-state index in [2.05, 4.69) is 10.6 Å². The SMILES string of the molecule is CC1(C2CC2)NC(=O)N(CC(=O)Nc2cccc3ccccc23)C1=O. The summed E-state index contributed by atoms with van der Waals surface area (Å²) in [5, 5.41) is 7.49. The van der Waals surface area contributed by atoms with E-state index in [1.54, 1.807) is 13.0 Å². The van der Waals surface area contributed by atoms with Crippen LogP contribution in [-0.4, -0.2) is 34.8 Å². The van der Waals surface area contributed by atoms with Gasteiger partial charge in [0.15, 0.2) is 0 Å². The molecule has 1 aliphatic carbocycles. The highest BCUT2D eigenvalue weighted by atomic mass is 16.2. The monoisotopic (exact) mass is 337 g/mol. The number of carbonyl (C=O) groups is 3. The van der Waals surface area contributed by atoms with E-state index in [0.29, 0.717) is 5.69 Å². The number of hydrogen-bond acceptors (Lipinski definition) is 3. The van der Waals surface area contributed by atoms with Crippen molar-refractivity contribution in [3.8, 4) is 0 Å². The summed E-state index contributed by atoms with van der Waals surface area (Å²) in [5.74, 6) is -0.525. The van der Waals surface area contributed by atoms with Crippen LogP contribution in [0.15, 0.2) is 42.5 Å². The van der Waals surface area contributed by atoms with Crippen molar-refractivity contribution in [2.24, 2.45) is 5.92 Å². The first-order valence-electron chi connectivity index (χ1n) is 8.41. The van der Waals surface area contributed by atoms with E-state index in [-0.39, 0.29) is 24.3 Å². The molecule has 2 N–H and O–H groups in total. The molecule has 2 fully saturated rings. The van der Waals surface area contributed by atoms with Gasteiger partial charge in [0.05, 0.1) is 0 Å². The van der Waals surface area contributed by atoms with Crippen molar-refractivity contribution in [1.82, 2.24) is 10.2 Å². The van der Waals surface area contributed by atoms with E-state index >= 15 is 0 Å². The topological polar surface area (TPSA) is 78.5 Å². The predicted molar refractivity (Wildman–Crippen MR) is 94.0 cm³/mol. The van der Waals surface area contributed by atoms with Crippen molar-refractivity contribution in [2.75, 3.05) is 11.9 Å². The Bertz CT molecular complexity index is 885. The molecule has 0 aromatic heterocycles. The molecule has 1 saturated carbocycles. The third-order valence-electron chi connectivity index (χ3n) is 5.06. The number of carbonyl (C=O) groups excluding carboxylic acids is 3. The summed E-state index contributed by atoms with van der Waals surface area (Å²) in [6.07, 6.45) is 1.86. The van der Waals surface area contributed by atoms with Gasteiger partial charge in [0.1, 0.15) is 12.1 Å². The van der Waals surface area contributed by atoms with Crippen molar-refractivity contribution in [3.63, 3.8) is 0 Å². The molecule has 0 bridgehead atoms. The lowest BCUT2D eigenvalue weighted by molar-refractivity contribution is -0.134. The second kappa shape index (κ2) is 5.58. The fraction of sp³-hybridized carbons (Fsp3) is 0.316. The number of fused-ring (bicyclic) bond motifs is 1. The van der Waals surface area contributed by atoms with Crippen molar-refractivity contribution < 1.29 is 14.4 Å². The van der Waals surface area contributed by atoms with Gasteiger partial charge in [0.25, 0.3) is 5.91 Å². The molecule has 1 unspecified atom stereocenters. The molecule has 4 amide bonds. The molecule has 0 radical (unpaired) electrons. The average molecular weight is 337 g/mol. The number of imide groups is 1. The van der Waals surface area contributed by atoms with Crippen LogP contribution in [0.25, 0.3) is 10.8 Å². The fourth-order valence-electron chi connectivity index (χ4n) is 3.46. The predicted octanol–water partition coefficient (Wildman–Crippen LogP) is 2.50. The van der Waals surface area contributed by atoms with Crippen LogP contribution >= 0.6 is 0 Å². The van der Waals surface area contributed by atoms with Gasteiger partial charge in [-0.25, -0.2) is 4.79 Å². The zero-order valence-electron chi connectivity index (χ0n) is 13.9. The number of urea groups is 1. The van der Waals surface area contributed by atoms with E-state index in [9.17, 15) is 14.4 Å². The van der Waals surface area contributed by atoms with Crippen LogP contribution in [0.2, 0.25) is 0 Å². The maximum atomic E-state index is 12.6. The van der Waals surface area contributed by atoms with Gasteiger partial charge in [0.2, 0.25) is 5.91 Å². The number of anilines is 1. The molecule has 6 nitrogen and oxygen atoms in total. The highest BCUT2D eigenvalue weighted by Gasteiger charge is 2.56. The Labute approximate surface area is 145 Å². The van der Waals surface area contributed by atoms with Crippen LogP contribution in [-0.2, 0) is 9.59 Å². The van der Waals surface area contributed by atoms with Gasteiger partial charge < -0.3 is 10.6 Å². The fourth-order valence-corrected chi connectivity index (χ4v) is 3.46. The molecule has 1 saturated heterocycles. The number of nitrogens with zero attached hydrogens (tertiary/aromatic N) is 1. The molecular formula is C19H19N3O3. The zero-order valence-corrected chi connectivity index (χ0v) is 13.9. The molecule has 1 aliphatic heterocycles. The second-order valence-corrected chi connectivity index (χ2v) is 6.87. The van der Waals surface area contributed by atoms with Crippen LogP contribution in [0, 0.1) is 5.92 Å². The first-order chi connectivity index (χ1) is 12.0. The van der Waals surface area contributed by atoms with Gasteiger partial charge in [0, 0.05) is 11.1 Å². The first kappa shape index (κ1) is 15.6. The van der Waals surface area contributed by atoms with Gasteiger partial charge in [-0.05, 0) is 37.1 Å². The van der Waals surface area contributed by atoms with Crippen molar-refractivity contribution in [1.29, 1.82) is 0 Å². The molecule has 25 heavy (non-hydrogen) atoms. The Morgan fingerprint density at radius 3 is 2.68 bits per heavy atom. The van der Waals surface area contributed by atoms with Crippen molar-refractivity contribution >= 4 is 34.3 Å². The Morgan fingerprint density at radius 2 is 1.92 bits per heavy atom. The Kier molecular flexibility index (Phi) is 3.49. The molecule has 1 heterocycles. The normalized spacial score (nSPS) is 23.0. The third-order valence-corrected chi connectivity index (χ3v) is 5.06. The minimum absolute atomic E-state index is 0.176. The van der Waals surface area contributed by atoms with Crippen LogP contribution in [0.1, 0.15) is 19.8 Å². The summed E-state index contributed by atoms with van der Waals surface area (Å²) in [6, 6.07) is 12.8. The molecule has 128 valence electrons. The summed E-state index contributed by atoms with van der Waals surface area (Å²) in [5.41, 5.74) is -0.198. The minimum Gasteiger partial charge on any atom is -0.324 e. The quantitative estimate of drug-likeness (QED) is 0.842. The minimum atomic E-state index is -0.864. The Hall–Kier alpha value is -2.89. The van der Waals surface area contributed by atoms with Gasteiger partial charge in [-0.1, -0.05) is 36.4 Å². The number of hydrogen-bond donors (Lipinski definition) is 2. The molecule has 0 spiro atoms. The molecule has 2 aromatic rings. The highest BCUT2D eigenvalue weighted by Crippen LogP contribution is 2.42. The first-order valence-corrected chi connectivity index (χ1v) is 8.41. The van der Waals surface area contributed by atoms with E-state index < -0.39 is 11.6 Å². The highest BCUT2D eigenvalue weighted by molar-refractivity contribution is 6.11. The Morgan fingerprint density at radius 1 is 1.20 bits per heavy atom. The summed E-state index contributed by atoms with van der Waals surface area (Å²) >= 11 is 0.